The minimum atomic E-state index is 0.609. The lowest BCUT2D eigenvalue weighted by atomic mass is 10.1. The molecule has 1 heterocycles. The van der Waals surface area contributed by atoms with Crippen LogP contribution in [0.3, 0.4) is 0 Å². The van der Waals surface area contributed by atoms with Crippen molar-refractivity contribution in [2.75, 3.05) is 6.54 Å². The summed E-state index contributed by atoms with van der Waals surface area (Å²) in [5.41, 5.74) is 2.62. The molecule has 0 amide bonds. The normalized spacial score (nSPS) is 10.6. The summed E-state index contributed by atoms with van der Waals surface area (Å²) in [4.78, 5) is 0. The Hall–Kier alpha value is -2.12. The number of nitrogens with one attached hydrogen (secondary N) is 1. The van der Waals surface area contributed by atoms with E-state index in [9.17, 15) is 0 Å². The van der Waals surface area contributed by atoms with Gasteiger partial charge in [0.15, 0.2) is 5.76 Å². The minimum Gasteiger partial charge on any atom is -0.356 e. The van der Waals surface area contributed by atoms with Gasteiger partial charge in [0.25, 0.3) is 0 Å². The van der Waals surface area contributed by atoms with Crippen molar-refractivity contribution in [1.29, 1.82) is 5.26 Å². The molecule has 0 spiro atoms. The zero-order chi connectivity index (χ0) is 13.7. The number of rotatable bonds is 5. The zero-order valence-electron chi connectivity index (χ0n) is 11.2. The van der Waals surface area contributed by atoms with Crippen LogP contribution in [0.5, 0.6) is 0 Å². The first-order valence-electron chi connectivity index (χ1n) is 6.35. The summed E-state index contributed by atoms with van der Waals surface area (Å²) in [6.45, 7) is 6.03. The van der Waals surface area contributed by atoms with E-state index in [0.717, 1.165) is 30.0 Å². The number of benzene rings is 1. The number of hydrogen-bond acceptors (Lipinski definition) is 4. The lowest BCUT2D eigenvalue weighted by Crippen LogP contribution is -2.18. The van der Waals surface area contributed by atoms with Crippen LogP contribution < -0.4 is 5.32 Å². The first-order valence-corrected chi connectivity index (χ1v) is 6.35. The summed E-state index contributed by atoms with van der Waals surface area (Å²) in [5, 5.41) is 16.0. The number of nitriles is 1. The van der Waals surface area contributed by atoms with Crippen molar-refractivity contribution in [2.45, 2.75) is 20.4 Å². The molecule has 98 valence electrons. The third-order valence-corrected chi connectivity index (χ3v) is 2.79. The van der Waals surface area contributed by atoms with Gasteiger partial charge in [-0.2, -0.15) is 5.26 Å². The van der Waals surface area contributed by atoms with E-state index < -0.39 is 0 Å². The molecule has 0 aliphatic carbocycles. The maximum Gasteiger partial charge on any atom is 0.171 e. The van der Waals surface area contributed by atoms with Crippen LogP contribution >= 0.6 is 0 Å². The first-order chi connectivity index (χ1) is 9.20. The summed E-state index contributed by atoms with van der Waals surface area (Å²) < 4.78 is 5.31. The molecule has 0 radical (unpaired) electrons. The highest BCUT2D eigenvalue weighted by atomic mass is 16.5. The Morgan fingerprint density at radius 1 is 1.32 bits per heavy atom. The summed E-state index contributed by atoms with van der Waals surface area (Å²) in [6.07, 6.45) is 1.74. The van der Waals surface area contributed by atoms with Gasteiger partial charge in [0, 0.05) is 17.7 Å². The molecule has 19 heavy (non-hydrogen) atoms. The van der Waals surface area contributed by atoms with Gasteiger partial charge in [-0.15, -0.1) is 0 Å². The summed E-state index contributed by atoms with van der Waals surface area (Å²) >= 11 is 0. The van der Waals surface area contributed by atoms with Gasteiger partial charge in [-0.3, -0.25) is 0 Å². The van der Waals surface area contributed by atoms with E-state index in [1.807, 2.05) is 12.1 Å². The van der Waals surface area contributed by atoms with Crippen molar-refractivity contribution < 1.29 is 4.52 Å². The molecule has 1 aromatic heterocycles. The molecule has 4 nitrogen and oxygen atoms in total. The van der Waals surface area contributed by atoms with Crippen LogP contribution in [0.1, 0.15) is 25.0 Å². The van der Waals surface area contributed by atoms with Gasteiger partial charge < -0.3 is 9.84 Å². The van der Waals surface area contributed by atoms with Crippen LogP contribution in [0, 0.1) is 17.2 Å². The van der Waals surface area contributed by atoms with Gasteiger partial charge in [0.2, 0.25) is 0 Å². The number of aromatic nitrogens is 1. The Labute approximate surface area is 113 Å². The zero-order valence-corrected chi connectivity index (χ0v) is 11.2. The Bertz CT molecular complexity index is 564. The van der Waals surface area contributed by atoms with Gasteiger partial charge >= 0.3 is 0 Å². The molecule has 0 saturated carbocycles. The molecule has 0 unspecified atom stereocenters. The van der Waals surface area contributed by atoms with E-state index in [0.29, 0.717) is 11.5 Å². The van der Waals surface area contributed by atoms with E-state index in [1.54, 1.807) is 18.3 Å². The molecule has 2 rings (SSSR count). The molecule has 0 fully saturated rings. The molecule has 0 aliphatic rings. The van der Waals surface area contributed by atoms with Gasteiger partial charge in [-0.05, 0) is 36.7 Å². The largest absolute Gasteiger partial charge is 0.356 e. The van der Waals surface area contributed by atoms with Crippen LogP contribution in [0.4, 0.5) is 0 Å². The number of hydrogen-bond donors (Lipinski definition) is 1. The Morgan fingerprint density at radius 3 is 2.68 bits per heavy atom. The highest BCUT2D eigenvalue weighted by Crippen LogP contribution is 2.23. The monoisotopic (exact) mass is 255 g/mol. The Morgan fingerprint density at radius 2 is 2.05 bits per heavy atom. The van der Waals surface area contributed by atoms with Crippen molar-refractivity contribution in [3.05, 3.63) is 41.6 Å². The topological polar surface area (TPSA) is 61.9 Å². The predicted molar refractivity (Wildman–Crippen MR) is 73.2 cm³/mol. The van der Waals surface area contributed by atoms with Gasteiger partial charge in [0.05, 0.1) is 17.8 Å². The highest BCUT2D eigenvalue weighted by molar-refractivity contribution is 5.61. The average Bonchev–Trinajstić information content (AvgIpc) is 2.87. The van der Waals surface area contributed by atoms with Crippen LogP contribution in [0.25, 0.3) is 11.3 Å². The van der Waals surface area contributed by atoms with E-state index in [-0.39, 0.29) is 0 Å². The molecule has 1 N–H and O–H groups in total. The van der Waals surface area contributed by atoms with E-state index >= 15 is 0 Å². The lowest BCUT2D eigenvalue weighted by molar-refractivity contribution is 0.431. The van der Waals surface area contributed by atoms with Crippen molar-refractivity contribution in [3.63, 3.8) is 0 Å². The fraction of sp³-hybridized carbons (Fsp3) is 0.333. The third kappa shape index (κ3) is 3.43. The fourth-order valence-electron chi connectivity index (χ4n) is 1.82. The number of nitrogens with zero attached hydrogens (tertiary/aromatic N) is 2. The Kier molecular flexibility index (Phi) is 4.32. The van der Waals surface area contributed by atoms with Crippen LogP contribution in [-0.4, -0.2) is 11.7 Å². The fourth-order valence-corrected chi connectivity index (χ4v) is 1.82. The van der Waals surface area contributed by atoms with Crippen LogP contribution in [0.15, 0.2) is 35.0 Å². The summed E-state index contributed by atoms with van der Waals surface area (Å²) in [6, 6.07) is 9.42. The molecule has 0 bridgehead atoms. The third-order valence-electron chi connectivity index (χ3n) is 2.79. The van der Waals surface area contributed by atoms with Crippen molar-refractivity contribution in [2.24, 2.45) is 5.92 Å². The second kappa shape index (κ2) is 6.17. The lowest BCUT2D eigenvalue weighted by Gasteiger charge is -2.06. The van der Waals surface area contributed by atoms with Crippen LogP contribution in [0.2, 0.25) is 0 Å². The quantitative estimate of drug-likeness (QED) is 0.892. The predicted octanol–water partition coefficient (Wildman–Crippen LogP) is 2.96. The maximum absolute atomic E-state index is 8.79. The van der Waals surface area contributed by atoms with Gasteiger partial charge in [-0.25, -0.2) is 0 Å². The smallest absolute Gasteiger partial charge is 0.171 e. The second-order valence-corrected chi connectivity index (χ2v) is 4.89. The van der Waals surface area contributed by atoms with Gasteiger partial charge in [-0.1, -0.05) is 19.0 Å². The van der Waals surface area contributed by atoms with Crippen LogP contribution in [-0.2, 0) is 6.54 Å². The van der Waals surface area contributed by atoms with E-state index in [2.05, 4.69) is 30.4 Å². The average molecular weight is 255 g/mol. The molecule has 2 aromatic rings. The maximum atomic E-state index is 8.79. The minimum absolute atomic E-state index is 0.609. The Balaban J connectivity index is 2.12. The van der Waals surface area contributed by atoms with Crippen molar-refractivity contribution in [3.8, 4) is 17.4 Å². The SMILES string of the molecule is CC(C)CNCc1cnoc1-c1ccc(C#N)cc1. The standard InChI is InChI=1S/C15H17N3O/c1-11(2)8-17-9-14-10-18-19-15(14)13-5-3-12(7-16)4-6-13/h3-6,10-11,17H,8-9H2,1-2H3. The van der Waals surface area contributed by atoms with Crippen molar-refractivity contribution in [1.82, 2.24) is 10.5 Å². The second-order valence-electron chi connectivity index (χ2n) is 4.89. The van der Waals surface area contributed by atoms with E-state index in [1.165, 1.54) is 0 Å². The molecule has 1 aromatic carbocycles. The molecule has 0 atom stereocenters. The summed E-state index contributed by atoms with van der Waals surface area (Å²) in [5.74, 6) is 1.37. The molecule has 0 saturated heterocycles. The molecule has 0 aliphatic heterocycles. The van der Waals surface area contributed by atoms with E-state index in [4.69, 9.17) is 9.78 Å². The van der Waals surface area contributed by atoms with Crippen molar-refractivity contribution >= 4 is 0 Å². The first kappa shape index (κ1) is 13.3. The molecule has 4 heteroatoms. The highest BCUT2D eigenvalue weighted by Gasteiger charge is 2.10. The molecular formula is C15H17N3O. The van der Waals surface area contributed by atoms with Gasteiger partial charge in [0.1, 0.15) is 0 Å². The summed E-state index contributed by atoms with van der Waals surface area (Å²) in [7, 11) is 0. The molecular weight excluding hydrogens is 238 g/mol.